The van der Waals surface area contributed by atoms with Crippen LogP contribution in [0.1, 0.15) is 15.9 Å². The molecular formula is C23H19ClN2O3S2. The Hall–Kier alpha value is -2.74. The average Bonchev–Trinajstić information content (AvgIpc) is 3.20. The number of hydrogen-bond donors (Lipinski definition) is 1. The van der Waals surface area contributed by atoms with Gasteiger partial charge < -0.3 is 14.8 Å². The van der Waals surface area contributed by atoms with E-state index in [2.05, 4.69) is 10.3 Å². The topological polar surface area (TPSA) is 60.5 Å². The number of carbonyl (C=O) groups is 1. The highest BCUT2D eigenvalue weighted by Crippen LogP contribution is 2.34. The average molecular weight is 471 g/mol. The number of nitrogens with one attached hydrogen (secondary N) is 1. The predicted molar refractivity (Wildman–Crippen MR) is 128 cm³/mol. The summed E-state index contributed by atoms with van der Waals surface area (Å²) in [7, 11) is 3.10. The zero-order chi connectivity index (χ0) is 21.8. The van der Waals surface area contributed by atoms with Crippen molar-refractivity contribution >= 4 is 56.5 Å². The summed E-state index contributed by atoms with van der Waals surface area (Å²) in [6.07, 6.45) is 0. The molecule has 0 radical (unpaired) electrons. The summed E-state index contributed by atoms with van der Waals surface area (Å²) >= 11 is 9.48. The van der Waals surface area contributed by atoms with Crippen molar-refractivity contribution in [3.8, 4) is 11.5 Å². The van der Waals surface area contributed by atoms with Gasteiger partial charge in [0.25, 0.3) is 5.91 Å². The smallest absolute Gasteiger partial charge is 0.255 e. The molecule has 0 saturated heterocycles. The van der Waals surface area contributed by atoms with Crippen LogP contribution in [0.4, 0.5) is 5.69 Å². The van der Waals surface area contributed by atoms with Gasteiger partial charge in [-0.2, -0.15) is 0 Å². The van der Waals surface area contributed by atoms with E-state index in [0.29, 0.717) is 22.7 Å². The molecule has 0 aliphatic rings. The second-order valence-corrected chi connectivity index (χ2v) is 9.23. The first-order chi connectivity index (χ1) is 15.1. The Balaban J connectivity index is 1.48. The lowest BCUT2D eigenvalue weighted by Crippen LogP contribution is -2.12. The number of aromatic nitrogens is 1. The molecule has 3 aromatic carbocycles. The molecule has 4 aromatic rings. The molecule has 0 atom stereocenters. The van der Waals surface area contributed by atoms with Crippen molar-refractivity contribution in [2.45, 2.75) is 10.1 Å². The van der Waals surface area contributed by atoms with E-state index in [4.69, 9.17) is 21.1 Å². The van der Waals surface area contributed by atoms with Crippen molar-refractivity contribution in [1.82, 2.24) is 4.98 Å². The minimum atomic E-state index is -0.224. The van der Waals surface area contributed by atoms with Crippen molar-refractivity contribution in [2.75, 3.05) is 19.5 Å². The number of fused-ring (bicyclic) bond motifs is 1. The number of thiazole rings is 1. The largest absolute Gasteiger partial charge is 0.493 e. The fourth-order valence-electron chi connectivity index (χ4n) is 2.98. The highest BCUT2D eigenvalue weighted by molar-refractivity contribution is 8.00. The third kappa shape index (κ3) is 4.95. The van der Waals surface area contributed by atoms with Crippen molar-refractivity contribution in [1.29, 1.82) is 0 Å². The fraction of sp³-hybridized carbons (Fsp3) is 0.130. The van der Waals surface area contributed by atoms with Crippen molar-refractivity contribution in [3.05, 3.63) is 76.8 Å². The normalized spacial score (nSPS) is 10.8. The van der Waals surface area contributed by atoms with Crippen LogP contribution >= 0.6 is 34.7 Å². The molecule has 31 heavy (non-hydrogen) atoms. The van der Waals surface area contributed by atoms with E-state index in [0.717, 1.165) is 30.9 Å². The second kappa shape index (κ2) is 9.60. The van der Waals surface area contributed by atoms with Gasteiger partial charge in [0.2, 0.25) is 0 Å². The van der Waals surface area contributed by atoms with Gasteiger partial charge >= 0.3 is 0 Å². The molecule has 158 valence electrons. The molecule has 0 bridgehead atoms. The van der Waals surface area contributed by atoms with Gasteiger partial charge in [0.1, 0.15) is 0 Å². The first kappa shape index (κ1) is 21.5. The van der Waals surface area contributed by atoms with Crippen LogP contribution in [0.3, 0.4) is 0 Å². The molecule has 1 N–H and O–H groups in total. The highest BCUT2D eigenvalue weighted by atomic mass is 35.5. The zero-order valence-corrected chi connectivity index (χ0v) is 19.2. The van der Waals surface area contributed by atoms with Crippen LogP contribution in [-0.4, -0.2) is 25.1 Å². The molecule has 0 fully saturated rings. The number of hydrogen-bond acceptors (Lipinski definition) is 6. The Morgan fingerprint density at radius 1 is 1.06 bits per heavy atom. The summed E-state index contributed by atoms with van der Waals surface area (Å²) in [5.74, 6) is 1.61. The minimum Gasteiger partial charge on any atom is -0.493 e. The molecule has 1 heterocycles. The Morgan fingerprint density at radius 3 is 2.65 bits per heavy atom. The summed E-state index contributed by atoms with van der Waals surface area (Å²) in [6, 6.07) is 18.6. The molecule has 8 heteroatoms. The summed E-state index contributed by atoms with van der Waals surface area (Å²) in [6.45, 7) is 0. The summed E-state index contributed by atoms with van der Waals surface area (Å²) in [5.41, 5.74) is 3.17. The Labute approximate surface area is 193 Å². The van der Waals surface area contributed by atoms with Crippen LogP contribution in [0.2, 0.25) is 5.02 Å². The fourth-order valence-corrected chi connectivity index (χ4v) is 5.37. The number of amides is 1. The number of nitrogens with zero attached hydrogens (tertiary/aromatic N) is 1. The molecule has 5 nitrogen and oxygen atoms in total. The van der Waals surface area contributed by atoms with Gasteiger partial charge in [-0.3, -0.25) is 4.79 Å². The van der Waals surface area contributed by atoms with E-state index >= 15 is 0 Å². The number of methoxy groups -OCH3 is 2. The van der Waals surface area contributed by atoms with Gasteiger partial charge in [-0.15, -0.1) is 11.3 Å². The first-order valence-corrected chi connectivity index (χ1v) is 11.6. The third-order valence-corrected chi connectivity index (χ3v) is 7.16. The van der Waals surface area contributed by atoms with Crippen LogP contribution in [0.15, 0.2) is 65.0 Å². The van der Waals surface area contributed by atoms with Crippen LogP contribution in [0, 0.1) is 0 Å². The molecule has 0 unspecified atom stereocenters. The monoisotopic (exact) mass is 470 g/mol. The maximum Gasteiger partial charge on any atom is 0.255 e. The molecule has 1 aromatic heterocycles. The molecule has 1 amide bonds. The third-order valence-electron chi connectivity index (χ3n) is 4.58. The van der Waals surface area contributed by atoms with E-state index in [1.165, 1.54) is 0 Å². The Kier molecular flexibility index (Phi) is 6.65. The van der Waals surface area contributed by atoms with Crippen LogP contribution in [0.5, 0.6) is 11.5 Å². The summed E-state index contributed by atoms with van der Waals surface area (Å²) < 4.78 is 12.5. The molecule has 0 aliphatic carbocycles. The summed E-state index contributed by atoms with van der Waals surface area (Å²) in [4.78, 5) is 17.4. The quantitative estimate of drug-likeness (QED) is 0.312. The molecule has 0 spiro atoms. The highest BCUT2D eigenvalue weighted by Gasteiger charge is 2.12. The predicted octanol–water partition coefficient (Wildman–Crippen LogP) is 6.51. The van der Waals surface area contributed by atoms with E-state index in [1.807, 2.05) is 42.5 Å². The molecule has 4 rings (SSSR count). The van der Waals surface area contributed by atoms with Crippen molar-refractivity contribution < 1.29 is 14.3 Å². The zero-order valence-electron chi connectivity index (χ0n) is 16.8. The van der Waals surface area contributed by atoms with Gasteiger partial charge in [0.05, 0.1) is 24.4 Å². The maximum atomic E-state index is 12.7. The van der Waals surface area contributed by atoms with Gasteiger partial charge in [-0.25, -0.2) is 4.98 Å². The van der Waals surface area contributed by atoms with Crippen molar-refractivity contribution in [3.63, 3.8) is 0 Å². The van der Waals surface area contributed by atoms with Gasteiger partial charge in [-0.05, 0) is 48.0 Å². The standard InChI is InChI=1S/C23H19ClN2O3S2/c1-28-19-10-7-14(11-20(19)29-2)22(27)25-16-8-9-18-21(12-16)31-23(26-18)30-13-15-5-3-4-6-17(15)24/h3-12H,13H2,1-2H3,(H,25,27). The summed E-state index contributed by atoms with van der Waals surface area (Å²) in [5, 5.41) is 3.69. The molecular weight excluding hydrogens is 452 g/mol. The van der Waals surface area contributed by atoms with E-state index in [1.54, 1.807) is 55.5 Å². The number of anilines is 1. The van der Waals surface area contributed by atoms with Crippen LogP contribution in [-0.2, 0) is 5.75 Å². The van der Waals surface area contributed by atoms with E-state index < -0.39 is 0 Å². The molecule has 0 aliphatic heterocycles. The first-order valence-electron chi connectivity index (χ1n) is 9.37. The van der Waals surface area contributed by atoms with E-state index in [9.17, 15) is 4.79 Å². The maximum absolute atomic E-state index is 12.7. The van der Waals surface area contributed by atoms with Crippen LogP contribution < -0.4 is 14.8 Å². The molecule has 0 saturated carbocycles. The Morgan fingerprint density at radius 2 is 1.87 bits per heavy atom. The van der Waals surface area contributed by atoms with E-state index in [-0.39, 0.29) is 5.91 Å². The van der Waals surface area contributed by atoms with Gasteiger partial charge in [0, 0.05) is 22.0 Å². The number of carbonyl (C=O) groups excluding carboxylic acids is 1. The minimum absolute atomic E-state index is 0.224. The van der Waals surface area contributed by atoms with Crippen molar-refractivity contribution in [2.24, 2.45) is 0 Å². The second-order valence-electron chi connectivity index (χ2n) is 6.57. The number of ether oxygens (including phenoxy) is 2. The number of halogens is 1. The van der Waals surface area contributed by atoms with Gasteiger partial charge in [-0.1, -0.05) is 41.6 Å². The lowest BCUT2D eigenvalue weighted by atomic mass is 10.2. The number of rotatable bonds is 7. The van der Waals surface area contributed by atoms with Crippen LogP contribution in [0.25, 0.3) is 10.2 Å². The number of thioether (sulfide) groups is 1. The SMILES string of the molecule is COc1ccc(C(=O)Nc2ccc3nc(SCc4ccccc4Cl)sc3c2)cc1OC. The Bertz CT molecular complexity index is 1240. The van der Waals surface area contributed by atoms with Gasteiger partial charge in [0.15, 0.2) is 15.8 Å². The number of benzene rings is 3. The lowest BCUT2D eigenvalue weighted by molar-refractivity contribution is 0.102. The lowest BCUT2D eigenvalue weighted by Gasteiger charge is -2.10.